The van der Waals surface area contributed by atoms with Crippen LogP contribution in [0.25, 0.3) is 0 Å². The topological polar surface area (TPSA) is 49.4 Å². The number of hydrogen-bond donors (Lipinski definition) is 1. The Balaban J connectivity index is 1.73. The molecule has 0 saturated heterocycles. The van der Waals surface area contributed by atoms with Gasteiger partial charge in [-0.25, -0.2) is 0 Å². The van der Waals surface area contributed by atoms with Crippen LogP contribution in [0.2, 0.25) is 5.02 Å². The van der Waals surface area contributed by atoms with Crippen molar-refractivity contribution in [3.63, 3.8) is 0 Å². The molecule has 1 aliphatic rings. The van der Waals surface area contributed by atoms with Gasteiger partial charge in [-0.3, -0.25) is 9.59 Å². The van der Waals surface area contributed by atoms with Crippen LogP contribution in [-0.4, -0.2) is 30.8 Å². The van der Waals surface area contributed by atoms with Gasteiger partial charge in [0.1, 0.15) is 0 Å². The molecule has 1 aromatic heterocycles. The highest BCUT2D eigenvalue weighted by atomic mass is 35.5. The monoisotopic (exact) mass is 376 g/mol. The van der Waals surface area contributed by atoms with E-state index < -0.39 is 0 Å². The lowest BCUT2D eigenvalue weighted by Crippen LogP contribution is -2.27. The van der Waals surface area contributed by atoms with Gasteiger partial charge in [0.2, 0.25) is 5.91 Å². The Bertz CT molecular complexity index is 829. The second-order valence-electron chi connectivity index (χ2n) is 6.67. The van der Waals surface area contributed by atoms with Gasteiger partial charge in [0.25, 0.3) is 5.91 Å². The molecule has 1 atom stereocenters. The zero-order valence-electron chi connectivity index (χ0n) is 14.6. The molecule has 3 rings (SSSR count). The summed E-state index contributed by atoms with van der Waals surface area (Å²) in [5.41, 5.74) is 2.83. The number of amides is 2. The molecular formula is C19H21ClN2O2S. The van der Waals surface area contributed by atoms with Gasteiger partial charge < -0.3 is 10.2 Å². The van der Waals surface area contributed by atoms with Crippen LogP contribution in [0, 0.1) is 12.8 Å². The summed E-state index contributed by atoms with van der Waals surface area (Å²) in [5, 5.41) is 3.50. The van der Waals surface area contributed by atoms with Crippen LogP contribution in [0.4, 0.5) is 5.69 Å². The van der Waals surface area contributed by atoms with Crippen molar-refractivity contribution in [2.24, 2.45) is 5.92 Å². The molecule has 0 spiro atoms. The maximum absolute atomic E-state index is 12.6. The minimum absolute atomic E-state index is 0.00941. The molecule has 1 heterocycles. The van der Waals surface area contributed by atoms with Crippen molar-refractivity contribution in [2.75, 3.05) is 19.4 Å². The van der Waals surface area contributed by atoms with Crippen molar-refractivity contribution in [2.45, 2.75) is 26.2 Å². The molecule has 0 unspecified atom stereocenters. The molecule has 1 N–H and O–H groups in total. The average Bonchev–Trinajstić information content (AvgIpc) is 3.00. The molecule has 132 valence electrons. The van der Waals surface area contributed by atoms with E-state index >= 15 is 0 Å². The van der Waals surface area contributed by atoms with E-state index in [4.69, 9.17) is 11.6 Å². The van der Waals surface area contributed by atoms with Crippen LogP contribution in [-0.2, 0) is 17.6 Å². The third-order valence-electron chi connectivity index (χ3n) is 4.45. The minimum Gasteiger partial charge on any atom is -0.344 e. The number of fused-ring (bicyclic) bond motifs is 1. The van der Waals surface area contributed by atoms with Gasteiger partial charge in [-0.15, -0.1) is 11.3 Å². The molecule has 2 aromatic rings. The van der Waals surface area contributed by atoms with Gasteiger partial charge in [-0.1, -0.05) is 17.7 Å². The van der Waals surface area contributed by atoms with Gasteiger partial charge in [-0.2, -0.15) is 0 Å². The molecule has 25 heavy (non-hydrogen) atoms. The number of carbonyl (C=O) groups excluding carboxylic acids is 2. The summed E-state index contributed by atoms with van der Waals surface area (Å²) in [5.74, 6) is -0.0854. The maximum atomic E-state index is 12.6. The van der Waals surface area contributed by atoms with E-state index in [1.807, 2.05) is 25.1 Å². The van der Waals surface area contributed by atoms with E-state index in [1.54, 1.807) is 36.4 Å². The van der Waals surface area contributed by atoms with Crippen LogP contribution in [0.1, 0.15) is 32.1 Å². The van der Waals surface area contributed by atoms with Crippen molar-refractivity contribution >= 4 is 40.4 Å². The summed E-state index contributed by atoms with van der Waals surface area (Å²) in [6, 6.07) is 7.54. The number of nitrogens with zero attached hydrogens (tertiary/aromatic N) is 1. The number of thiophene rings is 1. The van der Waals surface area contributed by atoms with Crippen LogP contribution >= 0.6 is 22.9 Å². The lowest BCUT2D eigenvalue weighted by molar-refractivity contribution is -0.120. The van der Waals surface area contributed by atoms with Crippen molar-refractivity contribution in [1.82, 2.24) is 4.90 Å². The van der Waals surface area contributed by atoms with Gasteiger partial charge in [0.05, 0.1) is 15.6 Å². The van der Waals surface area contributed by atoms with Gasteiger partial charge in [-0.05, 0) is 55.5 Å². The fourth-order valence-corrected chi connectivity index (χ4v) is 4.44. The van der Waals surface area contributed by atoms with E-state index in [9.17, 15) is 9.59 Å². The normalized spacial score (nSPS) is 16.2. The minimum atomic E-state index is -0.0963. The fraction of sp³-hybridized carbons (Fsp3) is 0.368. The first-order valence-electron chi connectivity index (χ1n) is 8.25. The van der Waals surface area contributed by atoms with Gasteiger partial charge >= 0.3 is 0 Å². The van der Waals surface area contributed by atoms with Crippen molar-refractivity contribution < 1.29 is 9.59 Å². The predicted octanol–water partition coefficient (Wildman–Crippen LogP) is 4.16. The Hall–Kier alpha value is -1.85. The number of hydrogen-bond acceptors (Lipinski definition) is 3. The summed E-state index contributed by atoms with van der Waals surface area (Å²) in [7, 11) is 3.51. The lowest BCUT2D eigenvalue weighted by atomic mass is 9.87. The van der Waals surface area contributed by atoms with Crippen LogP contribution in [0.15, 0.2) is 24.3 Å². The first kappa shape index (κ1) is 18.0. The molecule has 6 heteroatoms. The summed E-state index contributed by atoms with van der Waals surface area (Å²) in [6.07, 6.45) is 2.29. The molecule has 2 amide bonds. The average molecular weight is 377 g/mol. The molecule has 0 fully saturated rings. The highest BCUT2D eigenvalue weighted by Gasteiger charge is 2.28. The number of nitrogens with one attached hydrogen (secondary N) is 1. The Morgan fingerprint density at radius 2 is 2.04 bits per heavy atom. The highest BCUT2D eigenvalue weighted by Crippen LogP contribution is 2.34. The molecule has 0 aliphatic heterocycles. The molecule has 0 bridgehead atoms. The molecular weight excluding hydrogens is 356 g/mol. The van der Waals surface area contributed by atoms with Gasteiger partial charge in [0.15, 0.2) is 0 Å². The molecule has 0 radical (unpaired) electrons. The summed E-state index contributed by atoms with van der Waals surface area (Å²) in [6.45, 7) is 1.97. The van der Waals surface area contributed by atoms with Crippen LogP contribution in [0.5, 0.6) is 0 Å². The van der Waals surface area contributed by atoms with E-state index in [-0.39, 0.29) is 17.7 Å². The Kier molecular flexibility index (Phi) is 5.16. The van der Waals surface area contributed by atoms with Crippen LogP contribution < -0.4 is 5.32 Å². The first-order chi connectivity index (χ1) is 11.8. The van der Waals surface area contributed by atoms with E-state index in [0.717, 1.165) is 28.8 Å². The van der Waals surface area contributed by atoms with E-state index in [0.29, 0.717) is 17.1 Å². The van der Waals surface area contributed by atoms with Crippen LogP contribution in [0.3, 0.4) is 0 Å². The third kappa shape index (κ3) is 3.88. The van der Waals surface area contributed by atoms with Gasteiger partial charge in [0, 0.05) is 24.9 Å². The SMILES string of the molecule is Cc1ccc(Cl)c(NC(=O)[C@H]2CCc3sc(C(=O)N(C)C)cc3C2)c1. The fourth-order valence-electron chi connectivity index (χ4n) is 3.04. The predicted molar refractivity (Wildman–Crippen MR) is 103 cm³/mol. The zero-order valence-corrected chi connectivity index (χ0v) is 16.1. The summed E-state index contributed by atoms with van der Waals surface area (Å²) in [4.78, 5) is 28.3. The second-order valence-corrected chi connectivity index (χ2v) is 8.21. The summed E-state index contributed by atoms with van der Waals surface area (Å²) >= 11 is 7.72. The third-order valence-corrected chi connectivity index (χ3v) is 6.00. The molecule has 0 saturated carbocycles. The number of anilines is 1. The number of carbonyl (C=O) groups is 2. The first-order valence-corrected chi connectivity index (χ1v) is 9.45. The molecule has 4 nitrogen and oxygen atoms in total. The largest absolute Gasteiger partial charge is 0.344 e. The number of aryl methyl sites for hydroxylation is 2. The van der Waals surface area contributed by atoms with Crippen molar-refractivity contribution in [3.8, 4) is 0 Å². The molecule has 1 aromatic carbocycles. The standard InChI is InChI=1S/C19H21ClN2O2S/c1-11-4-6-14(20)15(8-11)21-18(23)12-5-7-16-13(9-12)10-17(25-16)19(24)22(2)3/h4,6,8,10,12H,5,7,9H2,1-3H3,(H,21,23)/t12-/m0/s1. The smallest absolute Gasteiger partial charge is 0.263 e. The Morgan fingerprint density at radius 3 is 2.76 bits per heavy atom. The Labute approximate surface area is 156 Å². The maximum Gasteiger partial charge on any atom is 0.263 e. The second kappa shape index (κ2) is 7.18. The highest BCUT2D eigenvalue weighted by molar-refractivity contribution is 7.14. The van der Waals surface area contributed by atoms with E-state index in [1.165, 1.54) is 4.88 Å². The zero-order chi connectivity index (χ0) is 18.1. The number of halogens is 1. The number of rotatable bonds is 3. The van der Waals surface area contributed by atoms with E-state index in [2.05, 4.69) is 5.32 Å². The number of benzene rings is 1. The quantitative estimate of drug-likeness (QED) is 0.874. The lowest BCUT2D eigenvalue weighted by Gasteiger charge is -2.21. The molecule has 1 aliphatic carbocycles. The summed E-state index contributed by atoms with van der Waals surface area (Å²) < 4.78 is 0. The van der Waals surface area contributed by atoms with Crippen molar-refractivity contribution in [1.29, 1.82) is 0 Å². The Morgan fingerprint density at radius 1 is 1.28 bits per heavy atom. The van der Waals surface area contributed by atoms with Crippen molar-refractivity contribution in [3.05, 3.63) is 50.2 Å².